The van der Waals surface area contributed by atoms with Crippen molar-refractivity contribution in [2.75, 3.05) is 0 Å². The van der Waals surface area contributed by atoms with Crippen LogP contribution in [0.4, 0.5) is 0 Å². The van der Waals surface area contributed by atoms with E-state index in [4.69, 9.17) is 9.84 Å². The van der Waals surface area contributed by atoms with E-state index in [1.54, 1.807) is 0 Å². The molecule has 1 aliphatic carbocycles. The van der Waals surface area contributed by atoms with E-state index in [2.05, 4.69) is 6.92 Å². The Labute approximate surface area is 153 Å². The summed E-state index contributed by atoms with van der Waals surface area (Å²) in [4.78, 5) is 23.0. The Morgan fingerprint density at radius 1 is 1.00 bits per heavy atom. The molecular formula is C21H36O4. The first-order valence-electron chi connectivity index (χ1n) is 8.63. The van der Waals surface area contributed by atoms with Crippen molar-refractivity contribution in [1.82, 2.24) is 0 Å². The van der Waals surface area contributed by atoms with Gasteiger partial charge in [0.25, 0.3) is 0 Å². The predicted octanol–water partition coefficient (Wildman–Crippen LogP) is 5.73. The quantitative estimate of drug-likeness (QED) is 0.542. The summed E-state index contributed by atoms with van der Waals surface area (Å²) < 4.78 is 5.40. The molecule has 1 saturated carbocycles. The van der Waals surface area contributed by atoms with Crippen molar-refractivity contribution < 1.29 is 19.4 Å². The molecule has 0 aliphatic heterocycles. The molecule has 1 aliphatic rings. The van der Waals surface area contributed by atoms with Gasteiger partial charge in [-0.3, -0.25) is 9.59 Å². The van der Waals surface area contributed by atoms with Gasteiger partial charge in [0.1, 0.15) is 5.75 Å². The lowest BCUT2D eigenvalue weighted by molar-refractivity contribution is -0.146. The lowest BCUT2D eigenvalue weighted by Crippen LogP contribution is -2.28. The Balaban J connectivity index is 0. The maximum absolute atomic E-state index is 12.1. The fourth-order valence-electron chi connectivity index (χ4n) is 2.79. The van der Waals surface area contributed by atoms with Crippen LogP contribution in [0.1, 0.15) is 73.3 Å². The Kier molecular flexibility index (Phi) is 13.7. The zero-order chi connectivity index (χ0) is 17.2. The lowest BCUT2D eigenvalue weighted by Gasteiger charge is -2.24. The summed E-state index contributed by atoms with van der Waals surface area (Å²) in [5.74, 6) is -0.895. The summed E-state index contributed by atoms with van der Waals surface area (Å²) in [5, 5.41) is 8.95. The highest BCUT2D eigenvalue weighted by molar-refractivity contribution is 5.76. The fourth-order valence-corrected chi connectivity index (χ4v) is 2.79. The van der Waals surface area contributed by atoms with E-state index in [0.717, 1.165) is 12.8 Å². The van der Waals surface area contributed by atoms with E-state index < -0.39 is 5.97 Å². The average Bonchev–Trinajstić information content (AvgIpc) is 2.59. The summed E-state index contributed by atoms with van der Waals surface area (Å²) in [6, 6.07) is 7.61. The number of hydrogen-bond acceptors (Lipinski definition) is 3. The Morgan fingerprint density at radius 2 is 1.48 bits per heavy atom. The van der Waals surface area contributed by atoms with Crippen LogP contribution < -0.4 is 4.74 Å². The number of ether oxygens (including phenoxy) is 1. The first kappa shape index (κ1) is 25.4. The number of carbonyl (C=O) groups is 2. The zero-order valence-electron chi connectivity index (χ0n) is 14.4. The maximum Gasteiger partial charge on any atom is 0.314 e. The molecule has 0 heterocycles. The third-order valence-corrected chi connectivity index (χ3v) is 4.09. The van der Waals surface area contributed by atoms with Crippen LogP contribution in [0.3, 0.4) is 0 Å². The lowest BCUT2D eigenvalue weighted by atomic mass is 9.82. The average molecular weight is 353 g/mol. The van der Waals surface area contributed by atoms with Crippen LogP contribution >= 0.6 is 0 Å². The monoisotopic (exact) mass is 352 g/mol. The van der Waals surface area contributed by atoms with Crippen LogP contribution in [0.5, 0.6) is 5.75 Å². The first-order valence-corrected chi connectivity index (χ1v) is 8.63. The van der Waals surface area contributed by atoms with Crippen molar-refractivity contribution in [2.45, 2.75) is 74.1 Å². The number of benzene rings is 1. The molecule has 0 amide bonds. The number of aliphatic carboxylic acids is 1. The van der Waals surface area contributed by atoms with Crippen molar-refractivity contribution in [1.29, 1.82) is 0 Å². The summed E-state index contributed by atoms with van der Waals surface area (Å²) >= 11 is 0. The van der Waals surface area contributed by atoms with Gasteiger partial charge in [-0.05, 0) is 49.8 Å². The van der Waals surface area contributed by atoms with Crippen LogP contribution in [0, 0.1) is 11.8 Å². The van der Waals surface area contributed by atoms with Crippen LogP contribution in [-0.4, -0.2) is 17.0 Å². The molecule has 4 nitrogen and oxygen atoms in total. The third kappa shape index (κ3) is 8.19. The molecule has 4 heteroatoms. The van der Waals surface area contributed by atoms with Gasteiger partial charge in [-0.2, -0.15) is 0 Å². The number of carboxylic acid groups (broad SMARTS) is 1. The molecule has 2 rings (SSSR count). The second kappa shape index (κ2) is 13.5. The van der Waals surface area contributed by atoms with Crippen molar-refractivity contribution in [3.8, 4) is 5.75 Å². The Hall–Kier alpha value is -1.84. The molecule has 144 valence electrons. The van der Waals surface area contributed by atoms with Gasteiger partial charge >= 0.3 is 11.9 Å². The normalized spacial score (nSPS) is 18.5. The Bertz CT molecular complexity index is 485. The third-order valence-electron chi connectivity index (χ3n) is 4.09. The number of esters is 1. The van der Waals surface area contributed by atoms with Gasteiger partial charge in [0.05, 0.1) is 11.8 Å². The maximum atomic E-state index is 12.1. The fraction of sp³-hybridized carbons (Fsp3) is 0.619. The van der Waals surface area contributed by atoms with Crippen molar-refractivity contribution in [3.63, 3.8) is 0 Å². The SMILES string of the molecule is C.C.CC.CCCc1ccc(OC(=O)C2CCC(C(=O)O)CC2)cc1. The Morgan fingerprint density at radius 3 is 1.92 bits per heavy atom. The van der Waals surface area contributed by atoms with Crippen LogP contribution in [0.25, 0.3) is 0 Å². The van der Waals surface area contributed by atoms with E-state index in [0.29, 0.717) is 31.4 Å². The van der Waals surface area contributed by atoms with E-state index in [1.165, 1.54) is 5.56 Å². The van der Waals surface area contributed by atoms with E-state index in [1.807, 2.05) is 38.1 Å². The second-order valence-electron chi connectivity index (χ2n) is 5.70. The van der Waals surface area contributed by atoms with Gasteiger partial charge in [0.15, 0.2) is 0 Å². The van der Waals surface area contributed by atoms with Gasteiger partial charge in [-0.1, -0.05) is 54.2 Å². The molecule has 25 heavy (non-hydrogen) atoms. The molecule has 0 spiro atoms. The first-order chi connectivity index (χ1) is 11.1. The van der Waals surface area contributed by atoms with Gasteiger partial charge in [0, 0.05) is 0 Å². The molecule has 1 N–H and O–H groups in total. The highest BCUT2D eigenvalue weighted by Crippen LogP contribution is 2.30. The van der Waals surface area contributed by atoms with Crippen molar-refractivity contribution in [3.05, 3.63) is 29.8 Å². The molecule has 1 fully saturated rings. The van der Waals surface area contributed by atoms with Gasteiger partial charge in [0.2, 0.25) is 0 Å². The van der Waals surface area contributed by atoms with Crippen molar-refractivity contribution in [2.24, 2.45) is 11.8 Å². The zero-order valence-corrected chi connectivity index (χ0v) is 14.4. The summed E-state index contributed by atoms with van der Waals surface area (Å²) in [6.45, 7) is 6.13. The summed E-state index contributed by atoms with van der Waals surface area (Å²) in [6.07, 6.45) is 4.43. The van der Waals surface area contributed by atoms with Crippen LogP contribution in [0.15, 0.2) is 24.3 Å². The minimum absolute atomic E-state index is 0. The number of rotatable bonds is 5. The molecule has 1 aromatic carbocycles. The molecule has 0 aromatic heterocycles. The van der Waals surface area contributed by atoms with Crippen LogP contribution in [-0.2, 0) is 16.0 Å². The summed E-state index contributed by atoms with van der Waals surface area (Å²) in [7, 11) is 0. The minimum Gasteiger partial charge on any atom is -0.481 e. The number of carbonyl (C=O) groups excluding carboxylic acids is 1. The minimum atomic E-state index is -0.756. The molecule has 0 radical (unpaired) electrons. The molecule has 0 bridgehead atoms. The molecule has 0 saturated heterocycles. The van der Waals surface area contributed by atoms with E-state index in [9.17, 15) is 9.59 Å². The predicted molar refractivity (Wildman–Crippen MR) is 104 cm³/mol. The topological polar surface area (TPSA) is 63.6 Å². The van der Waals surface area contributed by atoms with E-state index in [-0.39, 0.29) is 32.7 Å². The highest BCUT2D eigenvalue weighted by Gasteiger charge is 2.30. The highest BCUT2D eigenvalue weighted by atomic mass is 16.5. The van der Waals surface area contributed by atoms with Gasteiger partial charge in [-0.15, -0.1) is 0 Å². The van der Waals surface area contributed by atoms with E-state index >= 15 is 0 Å². The molecule has 0 atom stereocenters. The van der Waals surface area contributed by atoms with Gasteiger partial charge in [-0.25, -0.2) is 0 Å². The van der Waals surface area contributed by atoms with Crippen molar-refractivity contribution >= 4 is 11.9 Å². The molecule has 1 aromatic rings. The molecule has 0 unspecified atom stereocenters. The number of hydrogen-bond donors (Lipinski definition) is 1. The standard InChI is InChI=1S/C17H22O4.C2H6.2CH4/c1-2-3-12-4-10-15(11-5-12)21-17(20)14-8-6-13(7-9-14)16(18)19;1-2;;/h4-5,10-11,13-14H,2-3,6-9H2,1H3,(H,18,19);1-2H3;2*1H4. The number of carboxylic acids is 1. The number of aryl methyl sites for hydroxylation is 1. The van der Waals surface area contributed by atoms with Gasteiger partial charge < -0.3 is 9.84 Å². The molecular weight excluding hydrogens is 316 g/mol. The largest absolute Gasteiger partial charge is 0.481 e. The second-order valence-corrected chi connectivity index (χ2v) is 5.70. The van der Waals surface area contributed by atoms with Crippen LogP contribution in [0.2, 0.25) is 0 Å². The summed E-state index contributed by atoms with van der Waals surface area (Å²) in [5.41, 5.74) is 1.24. The smallest absolute Gasteiger partial charge is 0.314 e.